The summed E-state index contributed by atoms with van der Waals surface area (Å²) in [7, 11) is 0. The predicted molar refractivity (Wildman–Crippen MR) is 122 cm³/mol. The van der Waals surface area contributed by atoms with Crippen LogP contribution < -0.4 is 4.74 Å². The lowest BCUT2D eigenvalue weighted by Crippen LogP contribution is -1.92. The maximum absolute atomic E-state index is 13.5. The van der Waals surface area contributed by atoms with Gasteiger partial charge < -0.3 is 4.74 Å². The molecule has 31 heavy (non-hydrogen) atoms. The Balaban J connectivity index is 1.49. The second-order valence-electron chi connectivity index (χ2n) is 7.06. The molecule has 0 unspecified atom stereocenters. The van der Waals surface area contributed by atoms with Gasteiger partial charge in [-0.3, -0.25) is 0 Å². The molecule has 4 aromatic rings. The minimum Gasteiger partial charge on any atom is -0.490 e. The number of benzene rings is 4. The third kappa shape index (κ3) is 4.99. The average Bonchev–Trinajstić information content (AvgIpc) is 2.79. The molecule has 0 amide bonds. The van der Waals surface area contributed by atoms with Crippen LogP contribution in [0.4, 0.5) is 8.78 Å². The Morgan fingerprint density at radius 2 is 1.29 bits per heavy atom. The van der Waals surface area contributed by atoms with Crippen molar-refractivity contribution < 1.29 is 13.5 Å². The van der Waals surface area contributed by atoms with Gasteiger partial charge in [0.2, 0.25) is 0 Å². The molecule has 0 bridgehead atoms. The Kier molecular flexibility index (Phi) is 6.10. The van der Waals surface area contributed by atoms with Gasteiger partial charge >= 0.3 is 0 Å². The number of rotatable bonds is 4. The zero-order valence-electron chi connectivity index (χ0n) is 17.0. The van der Waals surface area contributed by atoms with Crippen LogP contribution in [0.3, 0.4) is 0 Å². The summed E-state index contributed by atoms with van der Waals surface area (Å²) in [5.74, 6) is 5.35. The number of allylic oxidation sites excluding steroid dienone is 1. The van der Waals surface area contributed by atoms with Crippen molar-refractivity contribution in [3.05, 3.63) is 114 Å². The van der Waals surface area contributed by atoms with E-state index in [-0.39, 0.29) is 0 Å². The first-order valence-electron chi connectivity index (χ1n) is 9.98. The lowest BCUT2D eigenvalue weighted by atomic mass is 10.0. The fourth-order valence-corrected chi connectivity index (χ4v) is 3.19. The highest BCUT2D eigenvalue weighted by atomic mass is 19.2. The fraction of sp³-hybridized carbons (Fsp3) is 0.0714. The molecular formula is C28H20F2O. The van der Waals surface area contributed by atoms with E-state index in [1.165, 1.54) is 12.1 Å². The molecule has 0 radical (unpaired) electrons. The van der Waals surface area contributed by atoms with Crippen molar-refractivity contribution in [3.63, 3.8) is 0 Å². The van der Waals surface area contributed by atoms with Crippen LogP contribution in [0.1, 0.15) is 18.1 Å². The van der Waals surface area contributed by atoms with Crippen molar-refractivity contribution in [1.29, 1.82) is 0 Å². The highest BCUT2D eigenvalue weighted by Crippen LogP contribution is 2.23. The van der Waals surface area contributed by atoms with E-state index in [2.05, 4.69) is 11.8 Å². The molecule has 0 atom stereocenters. The molecular weight excluding hydrogens is 390 g/mol. The Hall–Kier alpha value is -3.90. The largest absolute Gasteiger partial charge is 0.490 e. The molecule has 0 saturated heterocycles. The van der Waals surface area contributed by atoms with Crippen LogP contribution in [-0.2, 0) is 0 Å². The first kappa shape index (κ1) is 20.4. The summed E-state index contributed by atoms with van der Waals surface area (Å²) in [5, 5.41) is 1.27. The maximum Gasteiger partial charge on any atom is 0.159 e. The van der Waals surface area contributed by atoms with E-state index in [1.807, 2.05) is 67.6 Å². The van der Waals surface area contributed by atoms with E-state index in [1.54, 1.807) is 18.2 Å². The van der Waals surface area contributed by atoms with E-state index < -0.39 is 11.6 Å². The van der Waals surface area contributed by atoms with Gasteiger partial charge in [-0.05, 0) is 77.4 Å². The molecule has 0 aliphatic carbocycles. The van der Waals surface area contributed by atoms with Crippen LogP contribution in [0.15, 0.2) is 91.0 Å². The van der Waals surface area contributed by atoms with Gasteiger partial charge in [-0.1, -0.05) is 54.3 Å². The Labute approximate surface area is 180 Å². The van der Waals surface area contributed by atoms with Crippen molar-refractivity contribution >= 4 is 10.8 Å². The predicted octanol–water partition coefficient (Wildman–Crippen LogP) is 7.14. The van der Waals surface area contributed by atoms with Gasteiger partial charge in [0.05, 0.1) is 0 Å². The standard InChI is InChI=1S/C28H20F2O/c1-2-3-16-31-26-14-12-23(13-15-26)22-9-6-20(7-10-22)4-5-21-8-11-24-18-27(29)28(30)19-25(24)17-21/h2-3,6-15,17-19H,16H2,1H3/b3-2+. The summed E-state index contributed by atoms with van der Waals surface area (Å²) in [4.78, 5) is 0. The lowest BCUT2D eigenvalue weighted by Gasteiger charge is -2.05. The van der Waals surface area contributed by atoms with Gasteiger partial charge in [0.1, 0.15) is 12.4 Å². The molecule has 0 aromatic heterocycles. The van der Waals surface area contributed by atoms with Crippen LogP contribution in [-0.4, -0.2) is 6.61 Å². The quantitative estimate of drug-likeness (QED) is 0.257. The molecule has 0 fully saturated rings. The number of ether oxygens (including phenoxy) is 1. The summed E-state index contributed by atoms with van der Waals surface area (Å²) in [6.07, 6.45) is 3.92. The molecule has 0 N–H and O–H groups in total. The van der Waals surface area contributed by atoms with Gasteiger partial charge in [0, 0.05) is 11.1 Å². The minimum absolute atomic E-state index is 0.562. The van der Waals surface area contributed by atoms with Gasteiger partial charge in [-0.2, -0.15) is 0 Å². The molecule has 0 spiro atoms. The highest BCUT2D eigenvalue weighted by molar-refractivity contribution is 5.84. The average molecular weight is 410 g/mol. The van der Waals surface area contributed by atoms with Gasteiger partial charge in [0.25, 0.3) is 0 Å². The zero-order chi connectivity index (χ0) is 21.6. The molecule has 0 aliphatic heterocycles. The van der Waals surface area contributed by atoms with Crippen molar-refractivity contribution in [1.82, 2.24) is 0 Å². The van der Waals surface area contributed by atoms with Gasteiger partial charge in [-0.15, -0.1) is 0 Å². The van der Waals surface area contributed by atoms with E-state index in [4.69, 9.17) is 4.74 Å². The van der Waals surface area contributed by atoms with E-state index >= 15 is 0 Å². The first-order valence-corrected chi connectivity index (χ1v) is 9.98. The molecule has 0 heterocycles. The monoisotopic (exact) mass is 410 g/mol. The maximum atomic E-state index is 13.5. The van der Waals surface area contributed by atoms with Crippen LogP contribution in [0.25, 0.3) is 21.9 Å². The molecule has 0 saturated carbocycles. The molecule has 0 aliphatic rings. The van der Waals surface area contributed by atoms with Gasteiger partial charge in [0.15, 0.2) is 11.6 Å². The summed E-state index contributed by atoms with van der Waals surface area (Å²) in [6, 6.07) is 23.7. The van der Waals surface area contributed by atoms with Crippen molar-refractivity contribution in [3.8, 4) is 28.7 Å². The van der Waals surface area contributed by atoms with E-state index in [0.717, 1.165) is 28.0 Å². The Morgan fingerprint density at radius 1 is 0.710 bits per heavy atom. The number of hydrogen-bond donors (Lipinski definition) is 0. The lowest BCUT2D eigenvalue weighted by molar-refractivity contribution is 0.363. The summed E-state index contributed by atoms with van der Waals surface area (Å²) in [6.45, 7) is 2.53. The Morgan fingerprint density at radius 3 is 1.97 bits per heavy atom. The molecule has 4 aromatic carbocycles. The molecule has 4 rings (SSSR count). The third-order valence-corrected chi connectivity index (χ3v) is 4.89. The molecule has 152 valence electrons. The summed E-state index contributed by atoms with van der Waals surface area (Å²) < 4.78 is 32.5. The van der Waals surface area contributed by atoms with Crippen molar-refractivity contribution in [2.75, 3.05) is 6.61 Å². The van der Waals surface area contributed by atoms with Gasteiger partial charge in [-0.25, -0.2) is 8.78 Å². The number of fused-ring (bicyclic) bond motifs is 1. The van der Waals surface area contributed by atoms with E-state index in [0.29, 0.717) is 17.4 Å². The van der Waals surface area contributed by atoms with Crippen molar-refractivity contribution in [2.24, 2.45) is 0 Å². The van der Waals surface area contributed by atoms with Crippen LogP contribution in [0.2, 0.25) is 0 Å². The smallest absolute Gasteiger partial charge is 0.159 e. The number of halogens is 2. The second-order valence-corrected chi connectivity index (χ2v) is 7.06. The zero-order valence-corrected chi connectivity index (χ0v) is 17.0. The topological polar surface area (TPSA) is 9.23 Å². The second kappa shape index (κ2) is 9.28. The highest BCUT2D eigenvalue weighted by Gasteiger charge is 2.04. The fourth-order valence-electron chi connectivity index (χ4n) is 3.19. The third-order valence-electron chi connectivity index (χ3n) is 4.89. The summed E-state index contributed by atoms with van der Waals surface area (Å²) in [5.41, 5.74) is 3.81. The van der Waals surface area contributed by atoms with Crippen LogP contribution in [0.5, 0.6) is 5.75 Å². The van der Waals surface area contributed by atoms with E-state index in [9.17, 15) is 8.78 Å². The first-order chi connectivity index (χ1) is 15.1. The van der Waals surface area contributed by atoms with Crippen LogP contribution in [0, 0.1) is 23.5 Å². The summed E-state index contributed by atoms with van der Waals surface area (Å²) >= 11 is 0. The number of hydrogen-bond acceptors (Lipinski definition) is 1. The van der Waals surface area contributed by atoms with Crippen molar-refractivity contribution in [2.45, 2.75) is 6.92 Å². The van der Waals surface area contributed by atoms with Crippen LogP contribution >= 0.6 is 0 Å². The molecule has 1 nitrogen and oxygen atoms in total. The SMILES string of the molecule is C/C=C/COc1ccc(-c2ccc(C#Cc3ccc4cc(F)c(F)cc4c3)cc2)cc1. The minimum atomic E-state index is -0.856. The Bertz CT molecular complexity index is 1290. The molecule has 3 heteroatoms. The normalized spacial score (nSPS) is 10.8.